The van der Waals surface area contributed by atoms with Crippen LogP contribution in [0.1, 0.15) is 40.1 Å². The van der Waals surface area contributed by atoms with Crippen LogP contribution in [-0.2, 0) is 30.5 Å². The monoisotopic (exact) mass is 646 g/mol. The molecule has 1 heterocycles. The van der Waals surface area contributed by atoms with E-state index in [1.807, 2.05) is 6.07 Å². The van der Waals surface area contributed by atoms with Gasteiger partial charge in [-0.15, -0.1) is 11.3 Å². The summed E-state index contributed by atoms with van der Waals surface area (Å²) in [5, 5.41) is 4.44. The van der Waals surface area contributed by atoms with Gasteiger partial charge in [0.25, 0.3) is 15.9 Å². The number of sulfonamides is 1. The largest absolute Gasteiger partial charge is 0.462 e. The molecule has 0 aliphatic rings. The summed E-state index contributed by atoms with van der Waals surface area (Å²) in [7, 11) is -4.56. The average Bonchev–Trinajstić information content (AvgIpc) is 3.41. The molecule has 3 aromatic carbocycles. The fourth-order valence-electron chi connectivity index (χ4n) is 3.97. The number of carbonyl (C=O) groups excluding carboxylic acids is 3. The zero-order valence-electron chi connectivity index (χ0n) is 23.2. The van der Waals surface area contributed by atoms with Gasteiger partial charge in [0, 0.05) is 10.9 Å². The normalized spacial score (nSPS) is 12.2. The highest BCUT2D eigenvalue weighted by atomic mass is 32.2. The Balaban J connectivity index is 1.52. The Labute approximate surface area is 254 Å². The molecule has 0 fully saturated rings. The molecule has 14 heteroatoms. The maximum absolute atomic E-state index is 13.1. The first-order chi connectivity index (χ1) is 20.8. The molecule has 1 amide bonds. The quantitative estimate of drug-likeness (QED) is 0.186. The van der Waals surface area contributed by atoms with E-state index in [0.717, 1.165) is 35.1 Å². The third-order valence-corrected chi connectivity index (χ3v) is 8.37. The van der Waals surface area contributed by atoms with Crippen molar-refractivity contribution < 1.29 is 45.4 Å². The number of ether oxygens (including phenoxy) is 2. The number of carbonyl (C=O) groups is 3. The minimum Gasteiger partial charge on any atom is -0.462 e. The molecule has 9 nitrogen and oxygen atoms in total. The molecule has 44 heavy (non-hydrogen) atoms. The summed E-state index contributed by atoms with van der Waals surface area (Å²) in [5.74, 6) is -2.53. The number of thiophene rings is 1. The molecule has 1 aromatic heterocycles. The number of nitrogens with one attached hydrogen (secondary N) is 2. The fourth-order valence-corrected chi connectivity index (χ4v) is 6.06. The van der Waals surface area contributed by atoms with Crippen LogP contribution in [0, 0.1) is 0 Å². The van der Waals surface area contributed by atoms with Crippen molar-refractivity contribution in [2.24, 2.45) is 0 Å². The summed E-state index contributed by atoms with van der Waals surface area (Å²) < 4.78 is 77.7. The van der Waals surface area contributed by atoms with Crippen molar-refractivity contribution in [3.05, 3.63) is 101 Å². The highest BCUT2D eigenvalue weighted by Gasteiger charge is 2.32. The summed E-state index contributed by atoms with van der Waals surface area (Å²) >= 11 is 1.07. The third-order valence-electron chi connectivity index (χ3n) is 6.11. The molecule has 0 aliphatic carbocycles. The summed E-state index contributed by atoms with van der Waals surface area (Å²) in [6.45, 7) is 3.02. The number of amides is 1. The number of benzene rings is 3. The van der Waals surface area contributed by atoms with Crippen LogP contribution in [0.2, 0.25) is 0 Å². The van der Waals surface area contributed by atoms with Crippen molar-refractivity contribution in [1.29, 1.82) is 0 Å². The van der Waals surface area contributed by atoms with Crippen LogP contribution < -0.4 is 10.0 Å². The number of alkyl halides is 3. The van der Waals surface area contributed by atoms with Crippen LogP contribution in [-0.4, -0.2) is 39.0 Å². The van der Waals surface area contributed by atoms with Gasteiger partial charge in [0.1, 0.15) is 10.6 Å². The fraction of sp³-hybridized carbons (Fsp3) is 0.167. The van der Waals surface area contributed by atoms with Gasteiger partial charge in [0.15, 0.2) is 6.10 Å². The SMILES string of the molecule is CCOC(=O)c1c(-c2ccccc2)csc1NC(=O)[C@@H](C)OC(=O)c1ccccc1NS(=O)(=O)c1cccc(C(F)(F)F)c1. The van der Waals surface area contributed by atoms with Gasteiger partial charge in [-0.05, 0) is 49.7 Å². The molecule has 0 unspecified atom stereocenters. The van der Waals surface area contributed by atoms with Crippen LogP contribution in [0.4, 0.5) is 23.9 Å². The highest BCUT2D eigenvalue weighted by Crippen LogP contribution is 2.36. The lowest BCUT2D eigenvalue weighted by molar-refractivity contribution is -0.137. The third kappa shape index (κ3) is 7.44. The van der Waals surface area contributed by atoms with Crippen molar-refractivity contribution >= 4 is 49.9 Å². The minimum absolute atomic E-state index is 0.0985. The Hall–Kier alpha value is -4.69. The van der Waals surface area contributed by atoms with Crippen LogP contribution in [0.5, 0.6) is 0 Å². The first kappa shape index (κ1) is 32.2. The lowest BCUT2D eigenvalue weighted by Gasteiger charge is -2.16. The van der Waals surface area contributed by atoms with E-state index in [-0.39, 0.29) is 28.4 Å². The maximum atomic E-state index is 13.1. The van der Waals surface area contributed by atoms with E-state index >= 15 is 0 Å². The van der Waals surface area contributed by atoms with Gasteiger partial charge in [0.2, 0.25) is 0 Å². The molecule has 4 rings (SSSR count). The van der Waals surface area contributed by atoms with Gasteiger partial charge in [-0.25, -0.2) is 18.0 Å². The standard InChI is InChI=1S/C30H25F3N2O7S2/c1-3-41-29(38)25-23(19-10-5-4-6-11-19)17-43-27(25)34-26(36)18(2)42-28(37)22-14-7-8-15-24(22)35-44(39,40)21-13-9-12-20(16-21)30(31,32)33/h4-18,35H,3H2,1-2H3,(H,34,36)/t18-/m1/s1. The van der Waals surface area contributed by atoms with E-state index in [2.05, 4.69) is 10.0 Å². The Morgan fingerprint density at radius 1 is 0.932 bits per heavy atom. The van der Waals surface area contributed by atoms with Crippen molar-refractivity contribution in [2.75, 3.05) is 16.6 Å². The van der Waals surface area contributed by atoms with E-state index < -0.39 is 50.6 Å². The predicted molar refractivity (Wildman–Crippen MR) is 158 cm³/mol. The van der Waals surface area contributed by atoms with Crippen LogP contribution >= 0.6 is 11.3 Å². The Morgan fingerprint density at radius 3 is 2.30 bits per heavy atom. The summed E-state index contributed by atoms with van der Waals surface area (Å²) in [6.07, 6.45) is -6.18. The van der Waals surface area contributed by atoms with E-state index in [9.17, 15) is 36.0 Å². The molecular weight excluding hydrogens is 621 g/mol. The number of para-hydroxylation sites is 1. The number of hydrogen-bond acceptors (Lipinski definition) is 8. The smallest absolute Gasteiger partial charge is 0.416 e. The number of esters is 2. The molecule has 0 saturated heterocycles. The summed E-state index contributed by atoms with van der Waals surface area (Å²) in [4.78, 5) is 38.2. The molecular formula is C30H25F3N2O7S2. The lowest BCUT2D eigenvalue weighted by atomic mass is 10.0. The predicted octanol–water partition coefficient (Wildman–Crippen LogP) is 6.60. The van der Waals surface area contributed by atoms with Crippen molar-refractivity contribution in [2.45, 2.75) is 31.0 Å². The zero-order valence-corrected chi connectivity index (χ0v) is 24.8. The van der Waals surface area contributed by atoms with Crippen LogP contribution in [0.3, 0.4) is 0 Å². The average molecular weight is 647 g/mol. The van der Waals surface area contributed by atoms with Gasteiger partial charge >= 0.3 is 18.1 Å². The van der Waals surface area contributed by atoms with E-state index in [0.29, 0.717) is 11.6 Å². The Bertz CT molecular complexity index is 1790. The molecule has 1 atom stereocenters. The zero-order chi connectivity index (χ0) is 32.1. The Morgan fingerprint density at radius 2 is 1.61 bits per heavy atom. The molecule has 0 radical (unpaired) electrons. The van der Waals surface area contributed by atoms with Crippen molar-refractivity contribution in [3.8, 4) is 11.1 Å². The minimum atomic E-state index is -4.77. The lowest BCUT2D eigenvalue weighted by Crippen LogP contribution is -2.30. The first-order valence-corrected chi connectivity index (χ1v) is 15.3. The molecule has 0 bridgehead atoms. The van der Waals surface area contributed by atoms with Gasteiger partial charge in [-0.1, -0.05) is 48.5 Å². The molecule has 230 valence electrons. The first-order valence-electron chi connectivity index (χ1n) is 13.0. The second-order valence-electron chi connectivity index (χ2n) is 9.15. The van der Waals surface area contributed by atoms with Gasteiger partial charge in [0.05, 0.1) is 28.3 Å². The second kappa shape index (κ2) is 13.3. The summed E-state index contributed by atoms with van der Waals surface area (Å²) in [5.41, 5.74) is -0.354. The molecule has 0 saturated carbocycles. The van der Waals surface area contributed by atoms with Crippen molar-refractivity contribution in [3.63, 3.8) is 0 Å². The van der Waals surface area contributed by atoms with Gasteiger partial charge in [-0.3, -0.25) is 9.52 Å². The molecule has 0 spiro atoms. The van der Waals surface area contributed by atoms with Gasteiger partial charge in [-0.2, -0.15) is 13.2 Å². The van der Waals surface area contributed by atoms with Gasteiger partial charge < -0.3 is 14.8 Å². The topological polar surface area (TPSA) is 128 Å². The second-order valence-corrected chi connectivity index (χ2v) is 11.7. The van der Waals surface area contributed by atoms with Crippen molar-refractivity contribution in [1.82, 2.24) is 0 Å². The number of anilines is 2. The number of hydrogen-bond donors (Lipinski definition) is 2. The number of rotatable bonds is 10. The summed E-state index contributed by atoms with van der Waals surface area (Å²) in [6, 6.07) is 17.3. The van der Waals surface area contributed by atoms with Crippen LogP contribution in [0.25, 0.3) is 11.1 Å². The van der Waals surface area contributed by atoms with E-state index in [4.69, 9.17) is 9.47 Å². The Kier molecular flexibility index (Phi) is 9.75. The van der Waals surface area contributed by atoms with E-state index in [1.54, 1.807) is 36.6 Å². The molecule has 4 aromatic rings. The van der Waals surface area contributed by atoms with Crippen LogP contribution in [0.15, 0.2) is 89.1 Å². The maximum Gasteiger partial charge on any atom is 0.416 e. The van der Waals surface area contributed by atoms with E-state index in [1.165, 1.54) is 31.2 Å². The molecule has 0 aliphatic heterocycles. The number of halogens is 3. The molecule has 2 N–H and O–H groups in total. The highest BCUT2D eigenvalue weighted by molar-refractivity contribution is 7.92.